The summed E-state index contributed by atoms with van der Waals surface area (Å²) in [5.41, 5.74) is 1.28. The van der Waals surface area contributed by atoms with Crippen LogP contribution >= 0.6 is 0 Å². The monoisotopic (exact) mass is 186 g/mol. The maximum Gasteiger partial charge on any atom is 0.276 e. The molecule has 2 rings (SSSR count). The molecule has 70 valence electrons. The van der Waals surface area contributed by atoms with Crippen LogP contribution in [0.3, 0.4) is 0 Å². The number of benzene rings is 1. The first-order chi connectivity index (χ1) is 6.79. The van der Waals surface area contributed by atoms with Crippen LogP contribution in [-0.4, -0.2) is 9.55 Å². The van der Waals surface area contributed by atoms with Gasteiger partial charge >= 0.3 is 0 Å². The molecule has 0 unspecified atom stereocenters. The van der Waals surface area contributed by atoms with Gasteiger partial charge in [0, 0.05) is 25.0 Å². The molecular weight excluding hydrogens is 176 g/mol. The highest BCUT2D eigenvalue weighted by atomic mass is 16.1. The van der Waals surface area contributed by atoms with E-state index in [0.717, 1.165) is 5.56 Å². The van der Waals surface area contributed by atoms with Crippen molar-refractivity contribution in [3.63, 3.8) is 0 Å². The molecule has 0 aliphatic heterocycles. The van der Waals surface area contributed by atoms with Crippen molar-refractivity contribution in [2.75, 3.05) is 0 Å². The quantitative estimate of drug-likeness (QED) is 0.675. The fourth-order valence-corrected chi connectivity index (χ4v) is 1.29. The van der Waals surface area contributed by atoms with Crippen molar-refractivity contribution >= 4 is 0 Å². The molecule has 0 aliphatic carbocycles. The predicted octanol–water partition coefficient (Wildman–Crippen LogP) is 1.45. The molecule has 0 atom stereocenters. The highest BCUT2D eigenvalue weighted by Gasteiger charge is 2.03. The number of nitrogens with zero attached hydrogens (tertiary/aromatic N) is 2. The van der Waals surface area contributed by atoms with Crippen molar-refractivity contribution in [1.29, 1.82) is 0 Å². The molecule has 0 bridgehead atoms. The second-order valence-electron chi connectivity index (χ2n) is 3.06. The summed E-state index contributed by atoms with van der Waals surface area (Å²) in [4.78, 5) is 15.7. The van der Waals surface area contributed by atoms with Gasteiger partial charge in [0.25, 0.3) is 5.56 Å². The average Bonchev–Trinajstić information content (AvgIpc) is 2.23. The molecular formula is C11H10N2O. The molecule has 14 heavy (non-hydrogen) atoms. The minimum Gasteiger partial charge on any atom is -0.315 e. The summed E-state index contributed by atoms with van der Waals surface area (Å²) in [5, 5.41) is 0. The highest BCUT2D eigenvalue weighted by Crippen LogP contribution is 2.10. The summed E-state index contributed by atoms with van der Waals surface area (Å²) in [5.74, 6) is 0. The Hall–Kier alpha value is -1.90. The lowest BCUT2D eigenvalue weighted by molar-refractivity contribution is 0.845. The number of aromatic nitrogens is 2. The van der Waals surface area contributed by atoms with E-state index in [0.29, 0.717) is 5.69 Å². The number of hydrogen-bond donors (Lipinski definition) is 0. The zero-order valence-electron chi connectivity index (χ0n) is 7.84. The fourth-order valence-electron chi connectivity index (χ4n) is 1.29. The SMILES string of the molecule is Cn1ccnc(-c2ccccc2)c1=O. The van der Waals surface area contributed by atoms with E-state index in [1.165, 1.54) is 4.57 Å². The van der Waals surface area contributed by atoms with Gasteiger partial charge in [-0.3, -0.25) is 4.79 Å². The second-order valence-corrected chi connectivity index (χ2v) is 3.06. The molecule has 3 heteroatoms. The maximum atomic E-state index is 11.7. The first-order valence-corrected chi connectivity index (χ1v) is 4.36. The third-order valence-corrected chi connectivity index (χ3v) is 2.06. The third kappa shape index (κ3) is 1.44. The van der Waals surface area contributed by atoms with Gasteiger partial charge in [0.15, 0.2) is 0 Å². The van der Waals surface area contributed by atoms with E-state index in [-0.39, 0.29) is 5.56 Å². The summed E-state index contributed by atoms with van der Waals surface area (Å²) >= 11 is 0. The van der Waals surface area contributed by atoms with Crippen LogP contribution < -0.4 is 5.56 Å². The topological polar surface area (TPSA) is 34.9 Å². The van der Waals surface area contributed by atoms with E-state index in [1.54, 1.807) is 19.4 Å². The van der Waals surface area contributed by atoms with Crippen LogP contribution in [0.4, 0.5) is 0 Å². The smallest absolute Gasteiger partial charge is 0.276 e. The minimum absolute atomic E-state index is 0.0706. The van der Waals surface area contributed by atoms with E-state index in [9.17, 15) is 4.79 Å². The Balaban J connectivity index is 2.64. The van der Waals surface area contributed by atoms with E-state index >= 15 is 0 Å². The first-order valence-electron chi connectivity index (χ1n) is 4.36. The van der Waals surface area contributed by atoms with Gasteiger partial charge in [0.05, 0.1) is 0 Å². The summed E-state index contributed by atoms with van der Waals surface area (Å²) in [6.45, 7) is 0. The van der Waals surface area contributed by atoms with Gasteiger partial charge in [-0.1, -0.05) is 30.3 Å². The van der Waals surface area contributed by atoms with E-state index in [1.807, 2.05) is 30.3 Å². The molecule has 0 aliphatic rings. The Labute approximate surface area is 81.7 Å². The molecule has 0 spiro atoms. The average molecular weight is 186 g/mol. The van der Waals surface area contributed by atoms with E-state index < -0.39 is 0 Å². The lowest BCUT2D eigenvalue weighted by Crippen LogP contribution is -2.18. The first kappa shape index (κ1) is 8.69. The molecule has 0 N–H and O–H groups in total. The lowest BCUT2D eigenvalue weighted by atomic mass is 10.2. The molecule has 0 radical (unpaired) electrons. The Morgan fingerprint density at radius 2 is 1.93 bits per heavy atom. The molecule has 1 aromatic carbocycles. The van der Waals surface area contributed by atoms with Gasteiger partial charge in [0.2, 0.25) is 0 Å². The Morgan fingerprint density at radius 3 is 2.64 bits per heavy atom. The zero-order chi connectivity index (χ0) is 9.97. The van der Waals surface area contributed by atoms with Crippen molar-refractivity contribution in [3.05, 3.63) is 53.1 Å². The van der Waals surface area contributed by atoms with Gasteiger partial charge in [-0.2, -0.15) is 0 Å². The largest absolute Gasteiger partial charge is 0.315 e. The van der Waals surface area contributed by atoms with Crippen molar-refractivity contribution in [1.82, 2.24) is 9.55 Å². The van der Waals surface area contributed by atoms with Gasteiger partial charge in [-0.05, 0) is 0 Å². The number of hydrogen-bond acceptors (Lipinski definition) is 2. The van der Waals surface area contributed by atoms with Crippen molar-refractivity contribution in [3.8, 4) is 11.3 Å². The van der Waals surface area contributed by atoms with Crippen LogP contribution in [0, 0.1) is 0 Å². The third-order valence-electron chi connectivity index (χ3n) is 2.06. The van der Waals surface area contributed by atoms with Crippen LogP contribution in [0.1, 0.15) is 0 Å². The van der Waals surface area contributed by atoms with Crippen molar-refractivity contribution in [2.45, 2.75) is 0 Å². The Kier molecular flexibility index (Phi) is 2.14. The Bertz CT molecular complexity index is 488. The molecule has 3 nitrogen and oxygen atoms in total. The zero-order valence-corrected chi connectivity index (χ0v) is 7.84. The molecule has 0 saturated heterocycles. The highest BCUT2D eigenvalue weighted by molar-refractivity contribution is 5.57. The van der Waals surface area contributed by atoms with Crippen LogP contribution in [0.25, 0.3) is 11.3 Å². The normalized spacial score (nSPS) is 10.1. The van der Waals surface area contributed by atoms with Gasteiger partial charge in [-0.15, -0.1) is 0 Å². The Morgan fingerprint density at radius 1 is 1.21 bits per heavy atom. The van der Waals surface area contributed by atoms with Gasteiger partial charge < -0.3 is 4.57 Å². The predicted molar refractivity (Wildman–Crippen MR) is 54.9 cm³/mol. The number of aryl methyl sites for hydroxylation is 1. The van der Waals surface area contributed by atoms with Crippen LogP contribution in [0.5, 0.6) is 0 Å². The molecule has 2 aromatic rings. The molecule has 1 aromatic heterocycles. The van der Waals surface area contributed by atoms with Crippen molar-refractivity contribution in [2.24, 2.45) is 7.05 Å². The second kappa shape index (κ2) is 3.46. The van der Waals surface area contributed by atoms with Gasteiger partial charge in [-0.25, -0.2) is 4.98 Å². The van der Waals surface area contributed by atoms with E-state index in [4.69, 9.17) is 0 Å². The van der Waals surface area contributed by atoms with Gasteiger partial charge in [0.1, 0.15) is 5.69 Å². The fraction of sp³-hybridized carbons (Fsp3) is 0.0909. The molecule has 0 amide bonds. The molecule has 0 fully saturated rings. The lowest BCUT2D eigenvalue weighted by Gasteiger charge is -2.01. The summed E-state index contributed by atoms with van der Waals surface area (Å²) in [7, 11) is 1.72. The van der Waals surface area contributed by atoms with Crippen molar-refractivity contribution < 1.29 is 0 Å². The molecule has 1 heterocycles. The standard InChI is InChI=1S/C11H10N2O/c1-13-8-7-12-10(11(13)14)9-5-3-2-4-6-9/h2-8H,1H3. The minimum atomic E-state index is -0.0706. The van der Waals surface area contributed by atoms with Crippen LogP contribution in [0.15, 0.2) is 47.5 Å². The maximum absolute atomic E-state index is 11.7. The van der Waals surface area contributed by atoms with Crippen LogP contribution in [0.2, 0.25) is 0 Å². The number of rotatable bonds is 1. The summed E-state index contributed by atoms with van der Waals surface area (Å²) in [6.07, 6.45) is 3.28. The van der Waals surface area contributed by atoms with Crippen LogP contribution in [-0.2, 0) is 7.05 Å². The summed E-state index contributed by atoms with van der Waals surface area (Å²) < 4.78 is 1.52. The van der Waals surface area contributed by atoms with E-state index in [2.05, 4.69) is 4.98 Å². The summed E-state index contributed by atoms with van der Waals surface area (Å²) in [6, 6.07) is 9.46. The molecule has 0 saturated carbocycles.